The van der Waals surface area contributed by atoms with Gasteiger partial charge in [0.2, 0.25) is 0 Å². The Morgan fingerprint density at radius 3 is 2.14 bits per heavy atom. The van der Waals surface area contributed by atoms with E-state index in [1.54, 1.807) is 0 Å². The van der Waals surface area contributed by atoms with Gasteiger partial charge in [0.1, 0.15) is 18.3 Å². The summed E-state index contributed by atoms with van der Waals surface area (Å²) in [6.07, 6.45) is 17.4. The third-order valence-electron chi connectivity index (χ3n) is 6.64. The SMILES string of the molecule is CCCCCCCCCCCCNC[C@H]1O[C@@H]2OC3(CCCCC3)O[C@@H]2[C@H]1O. The molecular formula is C23H43NO4. The second kappa shape index (κ2) is 11.8. The molecule has 5 heteroatoms. The Balaban J connectivity index is 1.18. The molecule has 2 heterocycles. The Hall–Kier alpha value is -0.200. The van der Waals surface area contributed by atoms with E-state index in [0.29, 0.717) is 6.54 Å². The van der Waals surface area contributed by atoms with Crippen LogP contribution in [-0.4, -0.2) is 48.6 Å². The summed E-state index contributed by atoms with van der Waals surface area (Å²) in [4.78, 5) is 0. The van der Waals surface area contributed by atoms with Crippen LogP contribution in [0.5, 0.6) is 0 Å². The molecule has 4 atom stereocenters. The van der Waals surface area contributed by atoms with E-state index in [2.05, 4.69) is 12.2 Å². The quantitative estimate of drug-likeness (QED) is 0.443. The zero-order chi connectivity index (χ0) is 19.7. The lowest BCUT2D eigenvalue weighted by Crippen LogP contribution is -2.42. The molecule has 0 aromatic rings. The molecule has 0 unspecified atom stereocenters. The summed E-state index contributed by atoms with van der Waals surface area (Å²) in [5, 5.41) is 14.0. The van der Waals surface area contributed by atoms with Crippen molar-refractivity contribution < 1.29 is 19.3 Å². The van der Waals surface area contributed by atoms with E-state index < -0.39 is 18.2 Å². The molecule has 0 amide bonds. The number of hydrogen-bond donors (Lipinski definition) is 2. The molecule has 2 N–H and O–H groups in total. The molecule has 1 spiro atoms. The number of aliphatic hydroxyl groups is 1. The van der Waals surface area contributed by atoms with E-state index in [1.807, 2.05) is 0 Å². The number of aliphatic hydroxyl groups excluding tert-OH is 1. The van der Waals surface area contributed by atoms with Crippen LogP contribution in [0.4, 0.5) is 0 Å². The van der Waals surface area contributed by atoms with Gasteiger partial charge in [0, 0.05) is 19.4 Å². The number of rotatable bonds is 13. The predicted molar refractivity (Wildman–Crippen MR) is 111 cm³/mol. The van der Waals surface area contributed by atoms with Gasteiger partial charge in [-0.3, -0.25) is 0 Å². The highest BCUT2D eigenvalue weighted by Gasteiger charge is 2.57. The molecule has 3 fully saturated rings. The summed E-state index contributed by atoms with van der Waals surface area (Å²) in [6.45, 7) is 3.93. The van der Waals surface area contributed by atoms with Gasteiger partial charge >= 0.3 is 0 Å². The molecule has 0 bridgehead atoms. The zero-order valence-corrected chi connectivity index (χ0v) is 18.0. The summed E-state index contributed by atoms with van der Waals surface area (Å²) in [7, 11) is 0. The second-order valence-corrected chi connectivity index (χ2v) is 9.09. The predicted octanol–water partition coefficient (Wildman–Crippen LogP) is 4.66. The largest absolute Gasteiger partial charge is 0.387 e. The van der Waals surface area contributed by atoms with Crippen molar-refractivity contribution >= 4 is 0 Å². The first kappa shape index (κ1) is 22.5. The molecule has 1 saturated carbocycles. The molecule has 0 aromatic heterocycles. The highest BCUT2D eigenvalue weighted by Crippen LogP contribution is 2.44. The summed E-state index contributed by atoms with van der Waals surface area (Å²) in [6, 6.07) is 0. The fourth-order valence-electron chi connectivity index (χ4n) is 4.89. The van der Waals surface area contributed by atoms with Crippen LogP contribution >= 0.6 is 0 Å². The maximum atomic E-state index is 10.6. The van der Waals surface area contributed by atoms with E-state index in [9.17, 15) is 5.11 Å². The Morgan fingerprint density at radius 1 is 0.857 bits per heavy atom. The summed E-state index contributed by atoms with van der Waals surface area (Å²) in [5.74, 6) is -0.483. The number of nitrogens with one attached hydrogen (secondary N) is 1. The lowest BCUT2D eigenvalue weighted by atomic mass is 9.94. The van der Waals surface area contributed by atoms with Gasteiger partial charge in [-0.15, -0.1) is 0 Å². The van der Waals surface area contributed by atoms with Gasteiger partial charge in [-0.1, -0.05) is 71.1 Å². The van der Waals surface area contributed by atoms with Crippen LogP contribution in [0.2, 0.25) is 0 Å². The standard InChI is InChI=1S/C23H43NO4/c1-2-3-4-5-6-7-8-9-10-14-17-24-18-19-20(25)21-22(26-19)28-23(27-21)15-12-11-13-16-23/h19-22,24-25H,2-18H2,1H3/t19-,20+,21-,22-/m1/s1. The number of fused-ring (bicyclic) bond motifs is 1. The van der Waals surface area contributed by atoms with Gasteiger partial charge in [-0.2, -0.15) is 0 Å². The Bertz CT molecular complexity index is 427. The monoisotopic (exact) mass is 397 g/mol. The average molecular weight is 398 g/mol. The third kappa shape index (κ3) is 6.40. The van der Waals surface area contributed by atoms with Crippen molar-refractivity contribution in [3.63, 3.8) is 0 Å². The average Bonchev–Trinajstić information content (AvgIpc) is 3.18. The van der Waals surface area contributed by atoms with Crippen molar-refractivity contribution in [2.24, 2.45) is 0 Å². The Kier molecular flexibility index (Phi) is 9.52. The van der Waals surface area contributed by atoms with E-state index in [0.717, 1.165) is 32.2 Å². The van der Waals surface area contributed by atoms with Crippen molar-refractivity contribution in [3.05, 3.63) is 0 Å². The molecule has 5 nitrogen and oxygen atoms in total. The molecule has 0 aromatic carbocycles. The maximum absolute atomic E-state index is 10.6. The van der Waals surface area contributed by atoms with Crippen LogP contribution in [0.15, 0.2) is 0 Å². The highest BCUT2D eigenvalue weighted by molar-refractivity contribution is 4.96. The molecule has 0 radical (unpaired) electrons. The maximum Gasteiger partial charge on any atom is 0.190 e. The van der Waals surface area contributed by atoms with Gasteiger partial charge in [-0.25, -0.2) is 0 Å². The van der Waals surface area contributed by atoms with Crippen LogP contribution in [0.1, 0.15) is 103 Å². The van der Waals surface area contributed by atoms with Gasteiger partial charge < -0.3 is 24.6 Å². The summed E-state index contributed by atoms with van der Waals surface area (Å²) >= 11 is 0. The molecule has 1 aliphatic carbocycles. The molecule has 2 aliphatic heterocycles. The third-order valence-corrected chi connectivity index (χ3v) is 6.64. The van der Waals surface area contributed by atoms with Crippen LogP contribution < -0.4 is 5.32 Å². The Labute approximate surface area is 171 Å². The number of ether oxygens (including phenoxy) is 3. The van der Waals surface area contributed by atoms with Crippen LogP contribution in [0, 0.1) is 0 Å². The minimum atomic E-state index is -0.591. The normalized spacial score (nSPS) is 31.5. The number of unbranched alkanes of at least 4 members (excludes halogenated alkanes) is 9. The lowest BCUT2D eigenvalue weighted by Gasteiger charge is -2.33. The lowest BCUT2D eigenvalue weighted by molar-refractivity contribution is -0.245. The van der Waals surface area contributed by atoms with Crippen molar-refractivity contribution in [1.29, 1.82) is 0 Å². The number of hydrogen-bond acceptors (Lipinski definition) is 5. The smallest absolute Gasteiger partial charge is 0.190 e. The van der Waals surface area contributed by atoms with E-state index >= 15 is 0 Å². The molecule has 164 valence electrons. The van der Waals surface area contributed by atoms with E-state index in [-0.39, 0.29) is 12.2 Å². The minimum absolute atomic E-state index is 0.223. The van der Waals surface area contributed by atoms with Gasteiger partial charge in [0.05, 0.1) is 0 Å². The highest BCUT2D eigenvalue weighted by atomic mass is 16.8. The van der Waals surface area contributed by atoms with Gasteiger partial charge in [0.15, 0.2) is 12.1 Å². The topological polar surface area (TPSA) is 60.0 Å². The second-order valence-electron chi connectivity index (χ2n) is 9.09. The molecule has 3 rings (SSSR count). The molecule has 28 heavy (non-hydrogen) atoms. The van der Waals surface area contributed by atoms with Crippen molar-refractivity contribution in [1.82, 2.24) is 5.32 Å². The summed E-state index contributed by atoms with van der Waals surface area (Å²) < 4.78 is 18.2. The zero-order valence-electron chi connectivity index (χ0n) is 18.0. The first-order valence-electron chi connectivity index (χ1n) is 12.1. The van der Waals surface area contributed by atoms with Gasteiger partial charge in [-0.05, 0) is 25.8 Å². The van der Waals surface area contributed by atoms with Crippen LogP contribution in [-0.2, 0) is 14.2 Å². The first-order chi connectivity index (χ1) is 13.7. The van der Waals surface area contributed by atoms with E-state index in [1.165, 1.54) is 70.6 Å². The van der Waals surface area contributed by atoms with Crippen molar-refractivity contribution in [3.8, 4) is 0 Å². The van der Waals surface area contributed by atoms with Crippen molar-refractivity contribution in [2.45, 2.75) is 134 Å². The first-order valence-corrected chi connectivity index (χ1v) is 12.1. The molecule has 3 aliphatic rings. The van der Waals surface area contributed by atoms with Crippen molar-refractivity contribution in [2.75, 3.05) is 13.1 Å². The Morgan fingerprint density at radius 2 is 1.50 bits per heavy atom. The van der Waals surface area contributed by atoms with Crippen LogP contribution in [0.3, 0.4) is 0 Å². The fourth-order valence-corrected chi connectivity index (χ4v) is 4.89. The van der Waals surface area contributed by atoms with Crippen LogP contribution in [0.25, 0.3) is 0 Å². The molecule has 2 saturated heterocycles. The van der Waals surface area contributed by atoms with Gasteiger partial charge in [0.25, 0.3) is 0 Å². The van der Waals surface area contributed by atoms with E-state index in [4.69, 9.17) is 14.2 Å². The molecular weight excluding hydrogens is 354 g/mol. The fraction of sp³-hybridized carbons (Fsp3) is 1.00. The summed E-state index contributed by atoms with van der Waals surface area (Å²) in [5.41, 5.74) is 0. The minimum Gasteiger partial charge on any atom is -0.387 e.